The number of hydrogen-bond acceptors (Lipinski definition) is 5. The highest BCUT2D eigenvalue weighted by molar-refractivity contribution is 7.89. The summed E-state index contributed by atoms with van der Waals surface area (Å²) in [7, 11) is -0.400. The van der Waals surface area contributed by atoms with E-state index >= 15 is 0 Å². The van der Waals surface area contributed by atoms with E-state index in [1.165, 1.54) is 29.3 Å². The Morgan fingerprint density at radius 3 is 2.41 bits per heavy atom. The summed E-state index contributed by atoms with van der Waals surface area (Å²) in [4.78, 5) is 2.34. The normalized spacial score (nSPS) is 14.5. The van der Waals surface area contributed by atoms with Gasteiger partial charge in [-0.3, -0.25) is 4.90 Å². The van der Waals surface area contributed by atoms with Gasteiger partial charge in [-0.25, -0.2) is 13.1 Å². The van der Waals surface area contributed by atoms with Crippen molar-refractivity contribution >= 4 is 33.2 Å². The van der Waals surface area contributed by atoms with Crippen LogP contribution in [-0.2, 0) is 23.0 Å². The smallest absolute Gasteiger partial charge is 0.242 e. The summed E-state index contributed by atoms with van der Waals surface area (Å²) < 4.78 is 38.2. The van der Waals surface area contributed by atoms with Gasteiger partial charge in [0.25, 0.3) is 0 Å². The van der Waals surface area contributed by atoms with Crippen molar-refractivity contribution < 1.29 is 17.9 Å². The summed E-state index contributed by atoms with van der Waals surface area (Å²) in [6, 6.07) is 8.40. The van der Waals surface area contributed by atoms with Gasteiger partial charge in [-0.15, -0.1) is 0 Å². The Bertz CT molecular complexity index is 983. The maximum absolute atomic E-state index is 12.4. The molecule has 3 rings (SSSR count). The number of nitrogens with zero attached hydrogens (tertiary/aromatic N) is 1. The molecule has 0 atom stereocenters. The minimum Gasteiger partial charge on any atom is -0.493 e. The molecule has 2 aromatic carbocycles. The average Bonchev–Trinajstić information content (AvgIpc) is 2.69. The fourth-order valence-electron chi connectivity index (χ4n) is 3.41. The first-order chi connectivity index (χ1) is 13.8. The Labute approximate surface area is 181 Å². The molecule has 29 heavy (non-hydrogen) atoms. The van der Waals surface area contributed by atoms with Crippen LogP contribution in [0.4, 0.5) is 0 Å². The zero-order chi connectivity index (χ0) is 21.0. The van der Waals surface area contributed by atoms with Gasteiger partial charge in [-0.2, -0.15) is 0 Å². The molecular formula is C20H24Cl2N2O4S. The Balaban J connectivity index is 1.54. The first kappa shape index (κ1) is 22.2. The van der Waals surface area contributed by atoms with Gasteiger partial charge in [0, 0.05) is 24.7 Å². The second-order valence-electron chi connectivity index (χ2n) is 6.83. The molecule has 0 amide bonds. The van der Waals surface area contributed by atoms with E-state index in [2.05, 4.69) is 9.62 Å². The average molecular weight is 459 g/mol. The van der Waals surface area contributed by atoms with Crippen LogP contribution in [0.5, 0.6) is 11.5 Å². The summed E-state index contributed by atoms with van der Waals surface area (Å²) in [6.45, 7) is 2.82. The van der Waals surface area contributed by atoms with Crippen LogP contribution in [-0.4, -0.2) is 47.2 Å². The zero-order valence-electron chi connectivity index (χ0n) is 16.4. The third kappa shape index (κ3) is 5.35. The number of methoxy groups -OCH3 is 2. The number of hydrogen-bond donors (Lipinski definition) is 1. The Kier molecular flexibility index (Phi) is 7.29. The van der Waals surface area contributed by atoms with Gasteiger partial charge in [0.1, 0.15) is 4.90 Å². The first-order valence-electron chi connectivity index (χ1n) is 9.25. The van der Waals surface area contributed by atoms with Crippen molar-refractivity contribution in [3.63, 3.8) is 0 Å². The van der Waals surface area contributed by atoms with Crippen LogP contribution in [0.1, 0.15) is 17.5 Å². The molecule has 1 aliphatic rings. The van der Waals surface area contributed by atoms with E-state index < -0.39 is 10.0 Å². The Hall–Kier alpha value is -1.51. The lowest BCUT2D eigenvalue weighted by Gasteiger charge is -2.29. The Morgan fingerprint density at radius 2 is 1.76 bits per heavy atom. The monoisotopic (exact) mass is 458 g/mol. The van der Waals surface area contributed by atoms with E-state index in [0.29, 0.717) is 18.0 Å². The Morgan fingerprint density at radius 1 is 1.07 bits per heavy atom. The third-order valence-electron chi connectivity index (χ3n) is 4.92. The molecule has 0 fully saturated rings. The minimum absolute atomic E-state index is 0.0384. The van der Waals surface area contributed by atoms with Gasteiger partial charge in [0.15, 0.2) is 11.5 Å². The number of halogens is 2. The molecule has 1 N–H and O–H groups in total. The van der Waals surface area contributed by atoms with Crippen molar-refractivity contribution in [2.75, 3.05) is 33.9 Å². The SMILES string of the molecule is COc1cc2c(cc1OC)CN(CCCNS(=O)(=O)c1ccc(Cl)cc1Cl)CC2. The summed E-state index contributed by atoms with van der Waals surface area (Å²) in [6.07, 6.45) is 1.61. The number of nitrogens with one attached hydrogen (secondary N) is 1. The molecule has 1 aliphatic heterocycles. The van der Waals surface area contributed by atoms with Crippen LogP contribution in [0.25, 0.3) is 0 Å². The molecule has 158 valence electrons. The second kappa shape index (κ2) is 9.53. The van der Waals surface area contributed by atoms with Gasteiger partial charge in [0.2, 0.25) is 10.0 Å². The molecule has 0 bridgehead atoms. The highest BCUT2D eigenvalue weighted by atomic mass is 35.5. The van der Waals surface area contributed by atoms with E-state index in [1.807, 2.05) is 12.1 Å². The molecule has 2 aromatic rings. The molecule has 1 heterocycles. The van der Waals surface area contributed by atoms with Gasteiger partial charge in [0.05, 0.1) is 19.2 Å². The summed E-state index contributed by atoms with van der Waals surface area (Å²) >= 11 is 11.8. The van der Waals surface area contributed by atoms with E-state index in [4.69, 9.17) is 32.7 Å². The standard InChI is InChI=1S/C20H24Cl2N2O4S/c1-27-18-10-14-6-9-24(13-15(14)11-19(18)28-2)8-3-7-23-29(25,26)20-5-4-16(21)12-17(20)22/h4-5,10-12,23H,3,6-9,13H2,1-2H3. The summed E-state index contributed by atoms with van der Waals surface area (Å²) in [5.74, 6) is 1.47. The molecule has 0 radical (unpaired) electrons. The number of rotatable bonds is 8. The molecule has 6 nitrogen and oxygen atoms in total. The number of benzene rings is 2. The fraction of sp³-hybridized carbons (Fsp3) is 0.400. The molecule has 0 saturated carbocycles. The van der Waals surface area contributed by atoms with Crippen LogP contribution in [0, 0.1) is 0 Å². The quantitative estimate of drug-likeness (QED) is 0.610. The molecule has 9 heteroatoms. The largest absolute Gasteiger partial charge is 0.493 e. The van der Waals surface area contributed by atoms with Crippen LogP contribution < -0.4 is 14.2 Å². The van der Waals surface area contributed by atoms with Gasteiger partial charge >= 0.3 is 0 Å². The molecule has 0 spiro atoms. The third-order valence-corrected chi connectivity index (χ3v) is 7.10. The topological polar surface area (TPSA) is 67.9 Å². The molecule has 0 aliphatic carbocycles. The minimum atomic E-state index is -3.67. The lowest BCUT2D eigenvalue weighted by Crippen LogP contribution is -2.33. The van der Waals surface area contributed by atoms with Crippen LogP contribution in [0.3, 0.4) is 0 Å². The van der Waals surface area contributed by atoms with E-state index in [0.717, 1.165) is 37.6 Å². The van der Waals surface area contributed by atoms with Crippen LogP contribution in [0.2, 0.25) is 10.0 Å². The number of ether oxygens (including phenoxy) is 2. The maximum Gasteiger partial charge on any atom is 0.242 e. The molecule has 0 unspecified atom stereocenters. The maximum atomic E-state index is 12.4. The van der Waals surface area contributed by atoms with Crippen molar-refractivity contribution in [2.45, 2.75) is 24.3 Å². The number of fused-ring (bicyclic) bond motifs is 1. The predicted molar refractivity (Wildman–Crippen MR) is 115 cm³/mol. The highest BCUT2D eigenvalue weighted by Crippen LogP contribution is 2.33. The lowest BCUT2D eigenvalue weighted by atomic mass is 9.98. The first-order valence-corrected chi connectivity index (χ1v) is 11.5. The van der Waals surface area contributed by atoms with E-state index in [9.17, 15) is 8.42 Å². The van der Waals surface area contributed by atoms with Crippen molar-refractivity contribution in [2.24, 2.45) is 0 Å². The van der Waals surface area contributed by atoms with Crippen LogP contribution >= 0.6 is 23.2 Å². The lowest BCUT2D eigenvalue weighted by molar-refractivity contribution is 0.250. The van der Waals surface area contributed by atoms with Crippen molar-refractivity contribution in [1.29, 1.82) is 0 Å². The second-order valence-corrected chi connectivity index (χ2v) is 9.41. The predicted octanol–water partition coefficient (Wildman–Crippen LogP) is 3.74. The summed E-state index contributed by atoms with van der Waals surface area (Å²) in [5, 5.41) is 0.510. The van der Waals surface area contributed by atoms with E-state index in [1.54, 1.807) is 14.2 Å². The van der Waals surface area contributed by atoms with Crippen molar-refractivity contribution in [1.82, 2.24) is 9.62 Å². The molecular weight excluding hydrogens is 435 g/mol. The van der Waals surface area contributed by atoms with Crippen LogP contribution in [0.15, 0.2) is 35.2 Å². The van der Waals surface area contributed by atoms with E-state index in [-0.39, 0.29) is 9.92 Å². The highest BCUT2D eigenvalue weighted by Gasteiger charge is 2.20. The fourth-order valence-corrected chi connectivity index (χ4v) is 5.26. The van der Waals surface area contributed by atoms with Gasteiger partial charge in [-0.1, -0.05) is 23.2 Å². The van der Waals surface area contributed by atoms with Crippen molar-refractivity contribution in [3.8, 4) is 11.5 Å². The summed E-state index contributed by atoms with van der Waals surface area (Å²) in [5.41, 5.74) is 2.47. The molecule has 0 saturated heterocycles. The van der Waals surface area contributed by atoms with Gasteiger partial charge < -0.3 is 9.47 Å². The number of sulfonamides is 1. The van der Waals surface area contributed by atoms with Crippen molar-refractivity contribution in [3.05, 3.63) is 51.5 Å². The molecule has 0 aromatic heterocycles. The van der Waals surface area contributed by atoms with Gasteiger partial charge in [-0.05, 0) is 60.8 Å². The zero-order valence-corrected chi connectivity index (χ0v) is 18.7.